The molecule has 0 amide bonds. The topological polar surface area (TPSA) is 52.0 Å². The lowest BCUT2D eigenvalue weighted by molar-refractivity contribution is 0.189. The predicted molar refractivity (Wildman–Crippen MR) is 70.5 cm³/mol. The predicted octanol–water partition coefficient (Wildman–Crippen LogP) is 1.17. The summed E-state index contributed by atoms with van der Waals surface area (Å²) in [6.07, 6.45) is 4.60. The van der Waals surface area contributed by atoms with Crippen molar-refractivity contribution in [2.45, 2.75) is 39.2 Å². The molecule has 1 aromatic heterocycles. The van der Waals surface area contributed by atoms with Crippen LogP contribution in [-0.4, -0.2) is 41.6 Å². The Labute approximate surface area is 109 Å². The average molecular weight is 252 g/mol. The van der Waals surface area contributed by atoms with Gasteiger partial charge in [0.15, 0.2) is 0 Å². The van der Waals surface area contributed by atoms with Crippen LogP contribution in [0, 0.1) is 12.8 Å². The Kier molecular flexibility index (Phi) is 5.13. The molecule has 102 valence electrons. The smallest absolute Gasteiger partial charge is 0.133 e. The third-order valence-corrected chi connectivity index (χ3v) is 3.67. The van der Waals surface area contributed by atoms with Gasteiger partial charge in [-0.15, -0.1) is 10.2 Å². The Bertz CT molecular complexity index is 358. The fourth-order valence-electron chi connectivity index (χ4n) is 2.58. The highest BCUT2D eigenvalue weighted by atomic mass is 16.5. The highest BCUT2D eigenvalue weighted by molar-refractivity contribution is 4.96. The van der Waals surface area contributed by atoms with Gasteiger partial charge in [0.2, 0.25) is 0 Å². The van der Waals surface area contributed by atoms with E-state index >= 15 is 0 Å². The minimum absolute atomic E-state index is 0.760. The first-order valence-corrected chi connectivity index (χ1v) is 6.89. The van der Waals surface area contributed by atoms with Crippen LogP contribution in [0.15, 0.2) is 0 Å². The van der Waals surface area contributed by atoms with Crippen molar-refractivity contribution in [3.63, 3.8) is 0 Å². The molecule has 1 aromatic rings. The number of piperidine rings is 1. The van der Waals surface area contributed by atoms with E-state index in [1.54, 1.807) is 7.11 Å². The molecule has 2 rings (SSSR count). The molecule has 0 bridgehead atoms. The van der Waals surface area contributed by atoms with E-state index in [1.807, 2.05) is 6.92 Å². The third-order valence-electron chi connectivity index (χ3n) is 3.67. The van der Waals surface area contributed by atoms with Crippen LogP contribution in [0.25, 0.3) is 0 Å². The number of rotatable bonds is 6. The molecule has 0 aromatic carbocycles. The van der Waals surface area contributed by atoms with Gasteiger partial charge in [-0.05, 0) is 45.2 Å². The molecular formula is C13H24N4O. The van der Waals surface area contributed by atoms with E-state index in [0.717, 1.165) is 56.6 Å². The Morgan fingerprint density at radius 2 is 2.11 bits per heavy atom. The number of aryl methyl sites for hydroxylation is 1. The highest BCUT2D eigenvalue weighted by Gasteiger charge is 2.17. The summed E-state index contributed by atoms with van der Waals surface area (Å²) in [4.78, 5) is 0. The van der Waals surface area contributed by atoms with Crippen LogP contribution in [0.3, 0.4) is 0 Å². The van der Waals surface area contributed by atoms with Crippen molar-refractivity contribution in [1.29, 1.82) is 0 Å². The molecule has 5 heteroatoms. The Hall–Kier alpha value is -0.940. The molecule has 0 aliphatic carbocycles. The second-order valence-electron chi connectivity index (χ2n) is 5.06. The standard InChI is InChI=1S/C13H24N4O/c1-11-15-16-13(17(11)8-3-9-18-2)10-12-4-6-14-7-5-12/h12,14H,3-10H2,1-2H3. The molecule has 1 saturated heterocycles. The molecule has 5 nitrogen and oxygen atoms in total. The lowest BCUT2D eigenvalue weighted by atomic mass is 9.94. The van der Waals surface area contributed by atoms with E-state index < -0.39 is 0 Å². The van der Waals surface area contributed by atoms with Gasteiger partial charge in [-0.2, -0.15) is 0 Å². The van der Waals surface area contributed by atoms with E-state index in [9.17, 15) is 0 Å². The average Bonchev–Trinajstić information content (AvgIpc) is 2.73. The first-order valence-electron chi connectivity index (χ1n) is 6.89. The van der Waals surface area contributed by atoms with Gasteiger partial charge in [-0.25, -0.2) is 0 Å². The normalized spacial score (nSPS) is 17.2. The van der Waals surface area contributed by atoms with E-state index in [-0.39, 0.29) is 0 Å². The van der Waals surface area contributed by atoms with Crippen LogP contribution < -0.4 is 5.32 Å². The summed E-state index contributed by atoms with van der Waals surface area (Å²) in [5.41, 5.74) is 0. The van der Waals surface area contributed by atoms with Gasteiger partial charge in [0.25, 0.3) is 0 Å². The van der Waals surface area contributed by atoms with Crippen molar-refractivity contribution < 1.29 is 4.74 Å². The van der Waals surface area contributed by atoms with Gasteiger partial charge in [-0.1, -0.05) is 0 Å². The second kappa shape index (κ2) is 6.85. The number of aromatic nitrogens is 3. The molecule has 2 heterocycles. The second-order valence-corrected chi connectivity index (χ2v) is 5.06. The fraction of sp³-hybridized carbons (Fsp3) is 0.846. The van der Waals surface area contributed by atoms with Crippen molar-refractivity contribution in [3.8, 4) is 0 Å². The minimum Gasteiger partial charge on any atom is -0.385 e. The SMILES string of the molecule is COCCCn1c(C)nnc1CC1CCNCC1. The Morgan fingerprint density at radius 1 is 1.33 bits per heavy atom. The van der Waals surface area contributed by atoms with Crippen LogP contribution in [0.4, 0.5) is 0 Å². The number of nitrogens with zero attached hydrogens (tertiary/aromatic N) is 3. The largest absolute Gasteiger partial charge is 0.385 e. The van der Waals surface area contributed by atoms with Crippen LogP contribution in [0.2, 0.25) is 0 Å². The zero-order chi connectivity index (χ0) is 12.8. The number of hydrogen-bond donors (Lipinski definition) is 1. The van der Waals surface area contributed by atoms with Crippen molar-refractivity contribution in [1.82, 2.24) is 20.1 Å². The maximum atomic E-state index is 5.11. The monoisotopic (exact) mass is 252 g/mol. The van der Waals surface area contributed by atoms with E-state index in [0.29, 0.717) is 0 Å². The van der Waals surface area contributed by atoms with Crippen molar-refractivity contribution in [3.05, 3.63) is 11.6 Å². The van der Waals surface area contributed by atoms with Crippen LogP contribution >= 0.6 is 0 Å². The number of hydrogen-bond acceptors (Lipinski definition) is 4. The lowest BCUT2D eigenvalue weighted by Crippen LogP contribution is -2.29. The summed E-state index contributed by atoms with van der Waals surface area (Å²) in [7, 11) is 1.74. The molecule has 0 atom stereocenters. The van der Waals surface area contributed by atoms with Gasteiger partial charge in [0.05, 0.1) is 0 Å². The van der Waals surface area contributed by atoms with Gasteiger partial charge < -0.3 is 14.6 Å². The fourth-order valence-corrected chi connectivity index (χ4v) is 2.58. The van der Waals surface area contributed by atoms with Crippen LogP contribution in [0.1, 0.15) is 30.9 Å². The Morgan fingerprint density at radius 3 is 2.83 bits per heavy atom. The zero-order valence-corrected chi connectivity index (χ0v) is 11.5. The van der Waals surface area contributed by atoms with E-state index in [4.69, 9.17) is 4.74 Å². The number of ether oxygens (including phenoxy) is 1. The molecule has 1 N–H and O–H groups in total. The van der Waals surface area contributed by atoms with Crippen LogP contribution in [0.5, 0.6) is 0 Å². The summed E-state index contributed by atoms with van der Waals surface area (Å²) < 4.78 is 7.36. The first-order chi connectivity index (χ1) is 8.81. The van der Waals surface area contributed by atoms with Gasteiger partial charge >= 0.3 is 0 Å². The molecule has 0 unspecified atom stereocenters. The molecule has 0 spiro atoms. The van der Waals surface area contributed by atoms with Crippen molar-refractivity contribution >= 4 is 0 Å². The van der Waals surface area contributed by atoms with Gasteiger partial charge in [0, 0.05) is 26.7 Å². The molecule has 1 aliphatic heterocycles. The van der Waals surface area contributed by atoms with Crippen molar-refractivity contribution in [2.24, 2.45) is 5.92 Å². The summed E-state index contributed by atoms with van der Waals surface area (Å²) in [5.74, 6) is 2.93. The van der Waals surface area contributed by atoms with Gasteiger partial charge in [0.1, 0.15) is 11.6 Å². The molecule has 18 heavy (non-hydrogen) atoms. The number of nitrogens with one attached hydrogen (secondary N) is 1. The summed E-state index contributed by atoms with van der Waals surface area (Å²) in [6.45, 7) is 6.08. The van der Waals surface area contributed by atoms with Gasteiger partial charge in [-0.3, -0.25) is 0 Å². The highest BCUT2D eigenvalue weighted by Crippen LogP contribution is 2.17. The minimum atomic E-state index is 0.760. The number of methoxy groups -OCH3 is 1. The molecule has 0 radical (unpaired) electrons. The zero-order valence-electron chi connectivity index (χ0n) is 11.5. The van der Waals surface area contributed by atoms with E-state index in [2.05, 4.69) is 20.1 Å². The van der Waals surface area contributed by atoms with Crippen molar-refractivity contribution in [2.75, 3.05) is 26.8 Å². The maximum Gasteiger partial charge on any atom is 0.133 e. The lowest BCUT2D eigenvalue weighted by Gasteiger charge is -2.22. The molecule has 1 aliphatic rings. The van der Waals surface area contributed by atoms with E-state index in [1.165, 1.54) is 12.8 Å². The first kappa shape index (κ1) is 13.5. The summed E-state index contributed by atoms with van der Waals surface area (Å²) in [5, 5.41) is 12.0. The molecule has 0 saturated carbocycles. The molecular weight excluding hydrogens is 228 g/mol. The summed E-state index contributed by atoms with van der Waals surface area (Å²) >= 11 is 0. The maximum absolute atomic E-state index is 5.11. The summed E-state index contributed by atoms with van der Waals surface area (Å²) in [6, 6.07) is 0. The quantitative estimate of drug-likeness (QED) is 0.772. The Balaban J connectivity index is 1.94. The molecule has 1 fully saturated rings. The van der Waals surface area contributed by atoms with Crippen LogP contribution in [-0.2, 0) is 17.7 Å². The third kappa shape index (κ3) is 3.53.